The lowest BCUT2D eigenvalue weighted by molar-refractivity contribution is -0.133. The average molecular weight is 450 g/mol. The van der Waals surface area contributed by atoms with Crippen molar-refractivity contribution in [1.82, 2.24) is 15.2 Å². The molecule has 4 aromatic rings. The Labute approximate surface area is 189 Å². The van der Waals surface area contributed by atoms with Gasteiger partial charge in [0.05, 0.1) is 4.88 Å². The molecule has 0 bridgehead atoms. The highest BCUT2D eigenvalue weighted by Crippen LogP contribution is 2.21. The predicted octanol–water partition coefficient (Wildman–Crippen LogP) is 4.76. The molecule has 2 aromatic heterocycles. The van der Waals surface area contributed by atoms with Crippen molar-refractivity contribution in [3.05, 3.63) is 94.1 Å². The molecule has 0 saturated heterocycles. The summed E-state index contributed by atoms with van der Waals surface area (Å²) in [5, 5.41) is 5.77. The van der Waals surface area contributed by atoms with Crippen LogP contribution in [0.5, 0.6) is 0 Å². The Kier molecular flexibility index (Phi) is 6.66. The largest absolute Gasteiger partial charge is 0.361 e. The highest BCUT2D eigenvalue weighted by molar-refractivity contribution is 7.12. The van der Waals surface area contributed by atoms with Crippen LogP contribution in [0.15, 0.2) is 72.2 Å². The number of likely N-dealkylation sites (N-methyl/N-ethyl adjacent to an activating group) is 1. The van der Waals surface area contributed by atoms with E-state index in [0.717, 1.165) is 16.5 Å². The van der Waals surface area contributed by atoms with Crippen molar-refractivity contribution in [2.24, 2.45) is 0 Å². The number of H-pyrrole nitrogens is 1. The second-order valence-electron chi connectivity index (χ2n) is 7.55. The molecule has 0 aliphatic heterocycles. The Morgan fingerprint density at radius 3 is 2.72 bits per heavy atom. The number of hydrogen-bond acceptors (Lipinski definition) is 3. The fraction of sp³-hybridized carbons (Fsp3) is 0.200. The molecular weight excluding hydrogens is 425 g/mol. The van der Waals surface area contributed by atoms with Crippen molar-refractivity contribution in [3.8, 4) is 0 Å². The first-order valence-electron chi connectivity index (χ1n) is 10.5. The van der Waals surface area contributed by atoms with E-state index in [1.165, 1.54) is 23.5 Å². The molecule has 2 heterocycles. The zero-order valence-electron chi connectivity index (χ0n) is 17.7. The van der Waals surface area contributed by atoms with Crippen LogP contribution in [0.3, 0.4) is 0 Å². The molecule has 0 saturated carbocycles. The van der Waals surface area contributed by atoms with Crippen LogP contribution < -0.4 is 5.32 Å². The molecule has 1 atom stereocenters. The van der Waals surface area contributed by atoms with Gasteiger partial charge in [-0.3, -0.25) is 9.59 Å². The van der Waals surface area contributed by atoms with Crippen LogP contribution in [-0.4, -0.2) is 34.3 Å². The number of aromatic amines is 1. The minimum atomic E-state index is -0.752. The van der Waals surface area contributed by atoms with Gasteiger partial charge in [-0.2, -0.15) is 0 Å². The summed E-state index contributed by atoms with van der Waals surface area (Å²) in [6, 6.07) is 16.9. The first-order chi connectivity index (χ1) is 15.5. The van der Waals surface area contributed by atoms with Gasteiger partial charge in [-0.15, -0.1) is 11.3 Å². The lowest BCUT2D eigenvalue weighted by atomic mass is 10.0. The fourth-order valence-corrected chi connectivity index (χ4v) is 4.41. The number of nitrogens with one attached hydrogen (secondary N) is 2. The molecular formula is C25H24FN3O2S. The zero-order valence-corrected chi connectivity index (χ0v) is 18.5. The SMILES string of the molecule is CCN(Cc1cccc(F)c1)C(=O)[C@H](Cc1c[nH]c2ccccc12)NC(=O)c1cccs1. The van der Waals surface area contributed by atoms with Gasteiger partial charge in [0.1, 0.15) is 11.9 Å². The van der Waals surface area contributed by atoms with E-state index in [4.69, 9.17) is 0 Å². The first kappa shape index (κ1) is 21.8. The Balaban J connectivity index is 1.60. The molecule has 0 spiro atoms. The summed E-state index contributed by atoms with van der Waals surface area (Å²) in [5.74, 6) is -0.820. The molecule has 0 aliphatic rings. The number of amides is 2. The Hall–Kier alpha value is -3.45. The summed E-state index contributed by atoms with van der Waals surface area (Å²) in [5.41, 5.74) is 2.63. The first-order valence-corrected chi connectivity index (χ1v) is 11.4. The normalized spacial score (nSPS) is 11.9. The lowest BCUT2D eigenvalue weighted by Gasteiger charge is -2.27. The molecule has 0 unspecified atom stereocenters. The Morgan fingerprint density at radius 2 is 1.97 bits per heavy atom. The van der Waals surface area contributed by atoms with Crippen molar-refractivity contribution >= 4 is 34.1 Å². The number of nitrogens with zero attached hydrogens (tertiary/aromatic N) is 1. The lowest BCUT2D eigenvalue weighted by Crippen LogP contribution is -2.49. The van der Waals surface area contributed by atoms with E-state index in [1.807, 2.05) is 42.8 Å². The van der Waals surface area contributed by atoms with Gasteiger partial charge in [-0.1, -0.05) is 36.4 Å². The number of hydrogen-bond donors (Lipinski definition) is 2. The van der Waals surface area contributed by atoms with Gasteiger partial charge in [0.25, 0.3) is 5.91 Å². The third-order valence-corrected chi connectivity index (χ3v) is 6.27. The number of fused-ring (bicyclic) bond motifs is 1. The molecule has 164 valence electrons. The van der Waals surface area contributed by atoms with Crippen LogP contribution in [0.1, 0.15) is 27.7 Å². The molecule has 5 nitrogen and oxygen atoms in total. The third-order valence-electron chi connectivity index (χ3n) is 5.40. The van der Waals surface area contributed by atoms with Crippen LogP contribution in [0.4, 0.5) is 4.39 Å². The average Bonchev–Trinajstić information content (AvgIpc) is 3.47. The number of carbonyl (C=O) groups is 2. The fourth-order valence-electron chi connectivity index (χ4n) is 3.78. The van der Waals surface area contributed by atoms with Gasteiger partial charge in [0, 0.05) is 36.6 Å². The number of thiophene rings is 1. The van der Waals surface area contributed by atoms with Gasteiger partial charge in [0.15, 0.2) is 0 Å². The van der Waals surface area contributed by atoms with Gasteiger partial charge in [-0.25, -0.2) is 4.39 Å². The van der Waals surface area contributed by atoms with E-state index in [0.29, 0.717) is 23.4 Å². The summed E-state index contributed by atoms with van der Waals surface area (Å²) in [7, 11) is 0. The Bertz CT molecular complexity index is 1220. The van der Waals surface area contributed by atoms with E-state index < -0.39 is 6.04 Å². The quantitative estimate of drug-likeness (QED) is 0.407. The van der Waals surface area contributed by atoms with Gasteiger partial charge < -0.3 is 15.2 Å². The van der Waals surface area contributed by atoms with Crippen LogP contribution in [-0.2, 0) is 17.8 Å². The minimum absolute atomic E-state index is 0.202. The van der Waals surface area contributed by atoms with Crippen molar-refractivity contribution < 1.29 is 14.0 Å². The number of carbonyl (C=O) groups excluding carboxylic acids is 2. The standard InChI is InChI=1S/C25H24FN3O2S/c1-2-29(16-17-7-5-8-19(26)13-17)25(31)22(28-24(30)23-11-6-12-32-23)14-18-15-27-21-10-4-3-9-20(18)21/h3-13,15,22,27H,2,14,16H2,1H3,(H,28,30)/t22-/m0/s1. The maximum atomic E-state index is 13.6. The number of halogens is 1. The van der Waals surface area contributed by atoms with Crippen molar-refractivity contribution in [2.75, 3.05) is 6.54 Å². The van der Waals surface area contributed by atoms with Gasteiger partial charge in [0.2, 0.25) is 5.91 Å². The maximum Gasteiger partial charge on any atom is 0.262 e. The molecule has 2 aromatic carbocycles. The van der Waals surface area contributed by atoms with Crippen LogP contribution in [0.2, 0.25) is 0 Å². The molecule has 0 aliphatic carbocycles. The summed E-state index contributed by atoms with van der Waals surface area (Å²) in [6.45, 7) is 2.59. The number of rotatable bonds is 8. The van der Waals surface area contributed by atoms with Crippen molar-refractivity contribution in [2.45, 2.75) is 25.9 Å². The summed E-state index contributed by atoms with van der Waals surface area (Å²) >= 11 is 1.33. The minimum Gasteiger partial charge on any atom is -0.361 e. The van der Waals surface area contributed by atoms with Gasteiger partial charge >= 0.3 is 0 Å². The van der Waals surface area contributed by atoms with Crippen molar-refractivity contribution in [1.29, 1.82) is 0 Å². The zero-order chi connectivity index (χ0) is 22.5. The topological polar surface area (TPSA) is 65.2 Å². The second kappa shape index (κ2) is 9.78. The summed E-state index contributed by atoms with van der Waals surface area (Å²) in [6.07, 6.45) is 2.23. The van der Waals surface area contributed by atoms with Gasteiger partial charge in [-0.05, 0) is 47.7 Å². The monoisotopic (exact) mass is 449 g/mol. The van der Waals surface area contributed by atoms with E-state index in [2.05, 4.69) is 10.3 Å². The smallest absolute Gasteiger partial charge is 0.262 e. The Morgan fingerprint density at radius 1 is 1.12 bits per heavy atom. The molecule has 2 N–H and O–H groups in total. The summed E-state index contributed by atoms with van der Waals surface area (Å²) in [4.78, 5) is 31.8. The number of benzene rings is 2. The number of aromatic nitrogens is 1. The molecule has 4 rings (SSSR count). The summed E-state index contributed by atoms with van der Waals surface area (Å²) < 4.78 is 13.6. The third kappa shape index (κ3) is 4.89. The molecule has 0 fully saturated rings. The number of para-hydroxylation sites is 1. The van der Waals surface area contributed by atoms with Crippen molar-refractivity contribution in [3.63, 3.8) is 0 Å². The highest BCUT2D eigenvalue weighted by Gasteiger charge is 2.27. The van der Waals surface area contributed by atoms with E-state index >= 15 is 0 Å². The molecule has 2 amide bonds. The van der Waals surface area contributed by atoms with Crippen LogP contribution >= 0.6 is 11.3 Å². The second-order valence-corrected chi connectivity index (χ2v) is 8.50. The maximum absolute atomic E-state index is 13.6. The van der Waals surface area contributed by atoms with Crippen LogP contribution in [0, 0.1) is 5.82 Å². The van der Waals surface area contributed by atoms with E-state index in [-0.39, 0.29) is 24.2 Å². The molecule has 0 radical (unpaired) electrons. The molecule has 7 heteroatoms. The highest BCUT2D eigenvalue weighted by atomic mass is 32.1. The molecule has 32 heavy (non-hydrogen) atoms. The predicted molar refractivity (Wildman–Crippen MR) is 125 cm³/mol. The van der Waals surface area contributed by atoms with E-state index in [9.17, 15) is 14.0 Å². The van der Waals surface area contributed by atoms with Crippen LogP contribution in [0.25, 0.3) is 10.9 Å². The van der Waals surface area contributed by atoms with E-state index in [1.54, 1.807) is 29.2 Å².